The first-order valence-corrected chi connectivity index (χ1v) is 9.58. The van der Waals surface area contributed by atoms with Crippen LogP contribution in [0.4, 0.5) is 5.69 Å². The van der Waals surface area contributed by atoms with Crippen LogP contribution < -0.4 is 10.1 Å². The van der Waals surface area contributed by atoms with Crippen LogP contribution in [-0.2, 0) is 16.1 Å². The van der Waals surface area contributed by atoms with E-state index in [0.29, 0.717) is 42.9 Å². The lowest BCUT2D eigenvalue weighted by Crippen LogP contribution is -2.35. The first-order valence-electron chi connectivity index (χ1n) is 8.70. The number of amides is 1. The number of carbonyl (C=O) groups excluding carboxylic acids is 1. The Bertz CT molecular complexity index is 882. The van der Waals surface area contributed by atoms with Crippen LogP contribution in [0, 0.1) is 0 Å². The molecular formula is C19H22N4O4S. The van der Waals surface area contributed by atoms with E-state index in [4.69, 9.17) is 13.9 Å². The first-order chi connectivity index (χ1) is 13.7. The molecule has 0 bridgehead atoms. The second-order valence-corrected chi connectivity index (χ2v) is 6.88. The number of thiophene rings is 1. The number of para-hydroxylation sites is 2. The van der Waals surface area contributed by atoms with Crippen molar-refractivity contribution in [3.63, 3.8) is 0 Å². The monoisotopic (exact) mass is 402 g/mol. The molecule has 0 unspecified atom stereocenters. The molecule has 0 radical (unpaired) electrons. The summed E-state index contributed by atoms with van der Waals surface area (Å²) in [5.41, 5.74) is 0.625. The summed E-state index contributed by atoms with van der Waals surface area (Å²) in [5, 5.41) is 13.0. The molecule has 0 fully saturated rings. The van der Waals surface area contributed by atoms with Gasteiger partial charge in [0, 0.05) is 13.7 Å². The highest BCUT2D eigenvalue weighted by molar-refractivity contribution is 7.13. The molecule has 0 aliphatic rings. The number of ether oxygens (including phenoxy) is 2. The molecule has 9 heteroatoms. The Balaban J connectivity index is 1.64. The van der Waals surface area contributed by atoms with E-state index in [0.717, 1.165) is 4.88 Å². The van der Waals surface area contributed by atoms with Gasteiger partial charge in [-0.15, -0.1) is 21.5 Å². The van der Waals surface area contributed by atoms with Crippen LogP contribution in [0.15, 0.2) is 46.2 Å². The second kappa shape index (κ2) is 9.98. The molecule has 1 N–H and O–H groups in total. The lowest BCUT2D eigenvalue weighted by Gasteiger charge is -2.20. The zero-order valence-electron chi connectivity index (χ0n) is 15.8. The van der Waals surface area contributed by atoms with Crippen molar-refractivity contribution in [1.82, 2.24) is 15.1 Å². The number of aromatic nitrogens is 2. The van der Waals surface area contributed by atoms with Gasteiger partial charge in [0.2, 0.25) is 11.8 Å². The summed E-state index contributed by atoms with van der Waals surface area (Å²) in [7, 11) is 3.19. The Labute approximate surface area is 167 Å². The van der Waals surface area contributed by atoms with Crippen molar-refractivity contribution in [3.8, 4) is 16.5 Å². The normalized spacial score (nSPS) is 11.0. The van der Waals surface area contributed by atoms with Crippen LogP contribution in [0.2, 0.25) is 0 Å². The van der Waals surface area contributed by atoms with Gasteiger partial charge in [0.05, 0.1) is 37.4 Å². The first kappa shape index (κ1) is 20.0. The summed E-state index contributed by atoms with van der Waals surface area (Å²) < 4.78 is 16.2. The van der Waals surface area contributed by atoms with Crippen molar-refractivity contribution >= 4 is 22.9 Å². The molecule has 0 aliphatic carbocycles. The number of anilines is 1. The van der Waals surface area contributed by atoms with Gasteiger partial charge >= 0.3 is 0 Å². The summed E-state index contributed by atoms with van der Waals surface area (Å²) in [4.78, 5) is 15.3. The molecule has 148 valence electrons. The number of benzene rings is 1. The van der Waals surface area contributed by atoms with Crippen molar-refractivity contribution in [2.75, 3.05) is 39.2 Å². The number of nitrogens with zero attached hydrogens (tertiary/aromatic N) is 3. The molecule has 0 saturated carbocycles. The van der Waals surface area contributed by atoms with Crippen LogP contribution in [0.25, 0.3) is 10.8 Å². The molecule has 8 nitrogen and oxygen atoms in total. The maximum absolute atomic E-state index is 12.5. The Morgan fingerprint density at radius 2 is 2.07 bits per heavy atom. The minimum atomic E-state index is -0.168. The van der Waals surface area contributed by atoms with E-state index >= 15 is 0 Å². The third kappa shape index (κ3) is 5.38. The van der Waals surface area contributed by atoms with Gasteiger partial charge in [-0.2, -0.15) is 0 Å². The maximum atomic E-state index is 12.5. The summed E-state index contributed by atoms with van der Waals surface area (Å²) in [5.74, 6) is 1.37. The Morgan fingerprint density at radius 1 is 1.21 bits per heavy atom. The largest absolute Gasteiger partial charge is 0.495 e. The zero-order chi connectivity index (χ0) is 19.8. The minimum absolute atomic E-state index is 0.151. The quantitative estimate of drug-likeness (QED) is 0.558. The molecule has 0 aliphatic heterocycles. The zero-order valence-corrected chi connectivity index (χ0v) is 16.6. The Morgan fingerprint density at radius 3 is 2.82 bits per heavy atom. The summed E-state index contributed by atoms with van der Waals surface area (Å²) in [6, 6.07) is 11.1. The predicted octanol–water partition coefficient (Wildman–Crippen LogP) is 2.89. The SMILES string of the molecule is COCCN(CC(=O)Nc1ccccc1OC)Cc1nnc(-c2cccs2)o1. The van der Waals surface area contributed by atoms with E-state index in [2.05, 4.69) is 15.5 Å². The Hall–Kier alpha value is -2.75. The van der Waals surface area contributed by atoms with Crippen molar-refractivity contribution in [1.29, 1.82) is 0 Å². The molecule has 28 heavy (non-hydrogen) atoms. The molecule has 2 aromatic heterocycles. The van der Waals surface area contributed by atoms with E-state index in [1.165, 1.54) is 11.3 Å². The van der Waals surface area contributed by atoms with Crippen LogP contribution in [0.3, 0.4) is 0 Å². The number of hydrogen-bond donors (Lipinski definition) is 1. The fourth-order valence-corrected chi connectivity index (χ4v) is 3.23. The van der Waals surface area contributed by atoms with Gasteiger partial charge in [0.1, 0.15) is 5.75 Å². The van der Waals surface area contributed by atoms with Crippen LogP contribution in [0.1, 0.15) is 5.89 Å². The number of methoxy groups -OCH3 is 2. The van der Waals surface area contributed by atoms with Gasteiger partial charge in [-0.25, -0.2) is 0 Å². The summed E-state index contributed by atoms with van der Waals surface area (Å²) in [6.45, 7) is 1.53. The molecule has 1 aromatic carbocycles. The van der Waals surface area contributed by atoms with Crippen molar-refractivity contribution in [2.24, 2.45) is 0 Å². The lowest BCUT2D eigenvalue weighted by molar-refractivity contribution is -0.117. The molecule has 0 saturated heterocycles. The molecular weight excluding hydrogens is 380 g/mol. The van der Waals surface area contributed by atoms with Crippen molar-refractivity contribution < 1.29 is 18.7 Å². The molecule has 2 heterocycles. The number of carbonyl (C=O) groups is 1. The third-order valence-electron chi connectivity index (χ3n) is 3.92. The summed E-state index contributed by atoms with van der Waals surface area (Å²) in [6.07, 6.45) is 0. The molecule has 3 aromatic rings. The maximum Gasteiger partial charge on any atom is 0.257 e. The fraction of sp³-hybridized carbons (Fsp3) is 0.316. The van der Waals surface area contributed by atoms with Gasteiger partial charge in [-0.05, 0) is 23.6 Å². The Kier molecular flexibility index (Phi) is 7.12. The predicted molar refractivity (Wildman–Crippen MR) is 106 cm³/mol. The standard InChI is InChI=1S/C19H22N4O4S/c1-25-10-9-23(12-17(24)20-14-6-3-4-7-15(14)26-2)13-18-21-22-19(27-18)16-8-5-11-28-16/h3-8,11H,9-10,12-13H2,1-2H3,(H,20,24). The van der Waals surface area contributed by atoms with E-state index in [1.807, 2.05) is 34.5 Å². The molecule has 3 rings (SSSR count). The highest BCUT2D eigenvalue weighted by Gasteiger charge is 2.17. The molecule has 1 amide bonds. The van der Waals surface area contributed by atoms with Crippen LogP contribution >= 0.6 is 11.3 Å². The number of nitrogens with one attached hydrogen (secondary N) is 1. The summed E-state index contributed by atoms with van der Waals surface area (Å²) >= 11 is 1.53. The van der Waals surface area contributed by atoms with Crippen LogP contribution in [-0.4, -0.2) is 54.9 Å². The van der Waals surface area contributed by atoms with E-state index < -0.39 is 0 Å². The van der Waals surface area contributed by atoms with E-state index in [1.54, 1.807) is 26.4 Å². The fourth-order valence-electron chi connectivity index (χ4n) is 2.58. The smallest absolute Gasteiger partial charge is 0.257 e. The number of rotatable bonds is 10. The molecule has 0 spiro atoms. The second-order valence-electron chi connectivity index (χ2n) is 5.93. The van der Waals surface area contributed by atoms with Crippen molar-refractivity contribution in [2.45, 2.75) is 6.54 Å². The van der Waals surface area contributed by atoms with Crippen LogP contribution in [0.5, 0.6) is 5.75 Å². The van der Waals surface area contributed by atoms with E-state index in [-0.39, 0.29) is 12.5 Å². The van der Waals surface area contributed by atoms with Gasteiger partial charge in [-0.1, -0.05) is 18.2 Å². The highest BCUT2D eigenvalue weighted by atomic mass is 32.1. The third-order valence-corrected chi connectivity index (χ3v) is 4.78. The lowest BCUT2D eigenvalue weighted by atomic mass is 10.3. The minimum Gasteiger partial charge on any atom is -0.495 e. The average molecular weight is 402 g/mol. The molecule has 0 atom stereocenters. The highest BCUT2D eigenvalue weighted by Crippen LogP contribution is 2.24. The average Bonchev–Trinajstić information content (AvgIpc) is 3.38. The van der Waals surface area contributed by atoms with Gasteiger partial charge in [0.25, 0.3) is 5.89 Å². The van der Waals surface area contributed by atoms with Crippen molar-refractivity contribution in [3.05, 3.63) is 47.7 Å². The number of hydrogen-bond acceptors (Lipinski definition) is 8. The topological polar surface area (TPSA) is 89.7 Å². The van der Waals surface area contributed by atoms with Gasteiger partial charge in [-0.3, -0.25) is 9.69 Å². The van der Waals surface area contributed by atoms with Gasteiger partial charge < -0.3 is 19.2 Å². The van der Waals surface area contributed by atoms with Gasteiger partial charge in [0.15, 0.2) is 0 Å². The van der Waals surface area contributed by atoms with E-state index in [9.17, 15) is 4.79 Å².